The third-order valence-electron chi connectivity index (χ3n) is 6.22. The summed E-state index contributed by atoms with van der Waals surface area (Å²) in [5.41, 5.74) is -0.671. The second-order valence-corrected chi connectivity index (χ2v) is 11.0. The Morgan fingerprint density at radius 1 is 1.00 bits per heavy atom. The molecule has 0 unspecified atom stereocenters. The van der Waals surface area contributed by atoms with Crippen molar-refractivity contribution < 1.29 is 40.2 Å². The zero-order chi connectivity index (χ0) is 28.3. The molecule has 1 aliphatic rings. The average Bonchev–Trinajstić information content (AvgIpc) is 2.87. The van der Waals surface area contributed by atoms with E-state index in [1.807, 2.05) is 18.2 Å². The molecule has 39 heavy (non-hydrogen) atoms. The highest BCUT2D eigenvalue weighted by Crippen LogP contribution is 2.37. The van der Waals surface area contributed by atoms with Gasteiger partial charge >= 0.3 is 12.5 Å². The Balaban J connectivity index is 1.54. The lowest BCUT2D eigenvalue weighted by Crippen LogP contribution is -2.54. The fourth-order valence-corrected chi connectivity index (χ4v) is 5.92. The zero-order valence-electron chi connectivity index (χ0n) is 20.3. The molecular formula is C26H23ClF4N2O5S. The number of carbonyl (C=O) groups excluding carboxylic acids is 1. The molecule has 1 N–H and O–H groups in total. The van der Waals surface area contributed by atoms with Crippen molar-refractivity contribution >= 4 is 27.7 Å². The highest BCUT2D eigenvalue weighted by Gasteiger charge is 2.43. The number of hydrogen-bond acceptors (Lipinski definition) is 5. The number of piperidine rings is 1. The van der Waals surface area contributed by atoms with E-state index in [4.69, 9.17) is 16.3 Å². The second kappa shape index (κ2) is 11.4. The lowest BCUT2D eigenvalue weighted by Gasteiger charge is -2.42. The molecule has 1 aliphatic heterocycles. The number of alkyl halides is 3. The normalized spacial score (nSPS) is 15.6. The van der Waals surface area contributed by atoms with E-state index in [-0.39, 0.29) is 48.0 Å². The standard InChI is InChI=1S/C26H23ClF4N2O5S/c27-19-6-11-22(23(28)16-19)25(32-39(35,36)21-9-7-20(8-10-21)38-26(29,30)31)12-14-33(15-13-25)24(34)37-17-18-4-2-1-3-5-18/h1-11,16,32H,12-15,17H2. The van der Waals surface area contributed by atoms with Crippen LogP contribution in [0.15, 0.2) is 77.7 Å². The highest BCUT2D eigenvalue weighted by molar-refractivity contribution is 7.89. The first-order chi connectivity index (χ1) is 18.4. The van der Waals surface area contributed by atoms with Gasteiger partial charge in [-0.05, 0) is 54.8 Å². The largest absolute Gasteiger partial charge is 0.573 e. The highest BCUT2D eigenvalue weighted by atomic mass is 35.5. The molecule has 0 saturated carbocycles. The fraction of sp³-hybridized carbons (Fsp3) is 0.269. The van der Waals surface area contributed by atoms with Crippen LogP contribution in [0.1, 0.15) is 24.0 Å². The third-order valence-corrected chi connectivity index (χ3v) is 8.01. The molecule has 0 aliphatic carbocycles. The summed E-state index contributed by atoms with van der Waals surface area (Å²) in [7, 11) is -4.36. The summed E-state index contributed by atoms with van der Waals surface area (Å²) in [6, 6.07) is 16.5. The quantitative estimate of drug-likeness (QED) is 0.344. The number of halogens is 5. The van der Waals surface area contributed by atoms with Gasteiger partial charge in [-0.2, -0.15) is 0 Å². The fourth-order valence-electron chi connectivity index (χ4n) is 4.32. The van der Waals surface area contributed by atoms with Crippen molar-refractivity contribution in [3.63, 3.8) is 0 Å². The van der Waals surface area contributed by atoms with Crippen LogP contribution in [-0.4, -0.2) is 38.9 Å². The van der Waals surface area contributed by atoms with Crippen LogP contribution in [0.3, 0.4) is 0 Å². The van der Waals surface area contributed by atoms with Gasteiger partial charge in [0.2, 0.25) is 10.0 Å². The molecule has 0 bridgehead atoms. The second-order valence-electron chi connectivity index (χ2n) is 8.86. The van der Waals surface area contributed by atoms with Crippen molar-refractivity contribution in [3.8, 4) is 5.75 Å². The number of sulfonamides is 1. The Hall–Kier alpha value is -3.35. The van der Waals surface area contributed by atoms with Gasteiger partial charge in [0.1, 0.15) is 18.2 Å². The van der Waals surface area contributed by atoms with E-state index in [0.29, 0.717) is 0 Å². The predicted molar refractivity (Wildman–Crippen MR) is 134 cm³/mol. The molecule has 0 aromatic heterocycles. The van der Waals surface area contributed by atoms with Gasteiger partial charge in [-0.25, -0.2) is 22.3 Å². The van der Waals surface area contributed by atoms with Crippen LogP contribution in [0.4, 0.5) is 22.4 Å². The van der Waals surface area contributed by atoms with Gasteiger partial charge in [0, 0.05) is 23.7 Å². The van der Waals surface area contributed by atoms with Gasteiger partial charge in [-0.1, -0.05) is 48.0 Å². The molecule has 1 heterocycles. The third kappa shape index (κ3) is 7.20. The molecule has 3 aromatic rings. The summed E-state index contributed by atoms with van der Waals surface area (Å²) in [5.74, 6) is -1.35. The molecule has 0 radical (unpaired) electrons. The summed E-state index contributed by atoms with van der Waals surface area (Å²) >= 11 is 5.90. The number of carbonyl (C=O) groups is 1. The molecule has 1 fully saturated rings. The van der Waals surface area contributed by atoms with Crippen LogP contribution < -0.4 is 9.46 Å². The first-order valence-electron chi connectivity index (χ1n) is 11.7. The maximum Gasteiger partial charge on any atom is 0.573 e. The number of amides is 1. The molecule has 7 nitrogen and oxygen atoms in total. The number of ether oxygens (including phenoxy) is 2. The Morgan fingerprint density at radius 2 is 1.64 bits per heavy atom. The number of nitrogens with one attached hydrogen (secondary N) is 1. The van der Waals surface area contributed by atoms with Gasteiger partial charge < -0.3 is 14.4 Å². The van der Waals surface area contributed by atoms with Gasteiger partial charge in [0.05, 0.1) is 10.4 Å². The molecule has 208 valence electrons. The van der Waals surface area contributed by atoms with Gasteiger partial charge in [-0.3, -0.25) is 0 Å². The van der Waals surface area contributed by atoms with E-state index in [9.17, 15) is 26.4 Å². The molecule has 1 saturated heterocycles. The molecule has 13 heteroatoms. The van der Waals surface area contributed by atoms with Crippen LogP contribution in [0.2, 0.25) is 5.02 Å². The summed E-state index contributed by atoms with van der Waals surface area (Å²) in [6.07, 6.45) is -5.57. The molecule has 3 aromatic carbocycles. The summed E-state index contributed by atoms with van der Waals surface area (Å²) in [5, 5.41) is 0.108. The lowest BCUT2D eigenvalue weighted by atomic mass is 9.81. The van der Waals surface area contributed by atoms with Crippen LogP contribution in [-0.2, 0) is 26.9 Å². The first-order valence-corrected chi connectivity index (χ1v) is 13.5. The van der Waals surface area contributed by atoms with Crippen molar-refractivity contribution in [3.05, 3.63) is 94.8 Å². The molecular weight excluding hydrogens is 564 g/mol. The molecule has 0 spiro atoms. The minimum Gasteiger partial charge on any atom is -0.445 e. The topological polar surface area (TPSA) is 84.9 Å². The molecule has 1 amide bonds. The number of nitrogens with zero attached hydrogens (tertiary/aromatic N) is 1. The Labute approximate surface area is 227 Å². The van der Waals surface area contributed by atoms with Crippen molar-refractivity contribution in [1.29, 1.82) is 0 Å². The maximum atomic E-state index is 15.1. The Morgan fingerprint density at radius 3 is 2.23 bits per heavy atom. The summed E-state index contributed by atoms with van der Waals surface area (Å²) in [4.78, 5) is 13.7. The predicted octanol–water partition coefficient (Wildman–Crippen LogP) is 5.98. The van der Waals surface area contributed by atoms with E-state index in [0.717, 1.165) is 35.9 Å². The van der Waals surface area contributed by atoms with Crippen LogP contribution >= 0.6 is 11.6 Å². The van der Waals surface area contributed by atoms with Gasteiger partial charge in [0.25, 0.3) is 0 Å². The zero-order valence-corrected chi connectivity index (χ0v) is 21.8. The number of likely N-dealkylation sites (tertiary alicyclic amines) is 1. The minimum atomic E-state index is -4.94. The van der Waals surface area contributed by atoms with Crippen molar-refractivity contribution in [2.75, 3.05) is 13.1 Å². The van der Waals surface area contributed by atoms with Gasteiger partial charge in [0.15, 0.2) is 0 Å². The summed E-state index contributed by atoms with van der Waals surface area (Å²) in [6.45, 7) is 0.126. The van der Waals surface area contributed by atoms with Gasteiger partial charge in [-0.15, -0.1) is 13.2 Å². The lowest BCUT2D eigenvalue weighted by molar-refractivity contribution is -0.274. The first kappa shape index (κ1) is 28.7. The monoisotopic (exact) mass is 586 g/mol. The maximum absolute atomic E-state index is 15.1. The Kier molecular flexibility index (Phi) is 8.38. The number of hydrogen-bond donors (Lipinski definition) is 1. The number of rotatable bonds is 7. The smallest absolute Gasteiger partial charge is 0.445 e. The van der Waals surface area contributed by atoms with E-state index in [2.05, 4.69) is 9.46 Å². The van der Waals surface area contributed by atoms with E-state index >= 15 is 4.39 Å². The van der Waals surface area contributed by atoms with Crippen molar-refractivity contribution in [2.24, 2.45) is 0 Å². The SMILES string of the molecule is O=C(OCc1ccccc1)N1CCC(NS(=O)(=O)c2ccc(OC(F)(F)F)cc2)(c2ccc(Cl)cc2F)CC1. The van der Waals surface area contributed by atoms with Crippen molar-refractivity contribution in [2.45, 2.75) is 36.2 Å². The van der Waals surface area contributed by atoms with Crippen molar-refractivity contribution in [1.82, 2.24) is 9.62 Å². The Bertz CT molecular complexity index is 1410. The summed E-state index contributed by atoms with van der Waals surface area (Å²) < 4.78 is 90.8. The van der Waals surface area contributed by atoms with Crippen LogP contribution in [0.25, 0.3) is 0 Å². The molecule has 4 rings (SSSR count). The average molecular weight is 587 g/mol. The minimum absolute atomic E-state index is 0.0134. The number of benzene rings is 3. The van der Waals surface area contributed by atoms with E-state index in [1.54, 1.807) is 12.1 Å². The molecule has 0 atom stereocenters. The van der Waals surface area contributed by atoms with E-state index in [1.165, 1.54) is 17.0 Å². The van der Waals surface area contributed by atoms with Crippen LogP contribution in [0.5, 0.6) is 5.75 Å². The van der Waals surface area contributed by atoms with E-state index < -0.39 is 39.6 Å². The van der Waals surface area contributed by atoms with Crippen LogP contribution in [0, 0.1) is 5.82 Å².